The first-order valence-corrected chi connectivity index (χ1v) is 4.49. The summed E-state index contributed by atoms with van der Waals surface area (Å²) in [5.74, 6) is 0.350. The molecule has 3 N–H and O–H groups in total. The first-order chi connectivity index (χ1) is 6.52. The van der Waals surface area contributed by atoms with Crippen LogP contribution in [0.1, 0.15) is 28.7 Å². The fraction of sp³-hybridized carbons (Fsp3) is 0.556. The molecule has 78 valence electrons. The molecule has 1 aromatic heterocycles. The molecular formula is C9H15N3O2. The minimum Gasteiger partial charge on any atom is -0.361 e. The normalized spacial score (nSPS) is 12.6. The van der Waals surface area contributed by atoms with Gasteiger partial charge in [-0.3, -0.25) is 4.79 Å². The van der Waals surface area contributed by atoms with Crippen LogP contribution in [0.4, 0.5) is 0 Å². The summed E-state index contributed by atoms with van der Waals surface area (Å²) in [6, 6.07) is -0.0561. The third kappa shape index (κ3) is 2.32. The van der Waals surface area contributed by atoms with E-state index < -0.39 is 0 Å². The maximum atomic E-state index is 11.6. The molecule has 1 unspecified atom stereocenters. The van der Waals surface area contributed by atoms with Crippen LogP contribution >= 0.6 is 0 Å². The van der Waals surface area contributed by atoms with E-state index in [1.165, 1.54) is 0 Å². The monoisotopic (exact) mass is 197 g/mol. The zero-order valence-corrected chi connectivity index (χ0v) is 8.63. The van der Waals surface area contributed by atoms with Gasteiger partial charge in [-0.2, -0.15) is 0 Å². The fourth-order valence-electron chi connectivity index (χ4n) is 1.15. The number of aryl methyl sites for hydroxylation is 2. The van der Waals surface area contributed by atoms with Crippen molar-refractivity contribution in [3.05, 3.63) is 17.0 Å². The van der Waals surface area contributed by atoms with Gasteiger partial charge >= 0.3 is 0 Å². The van der Waals surface area contributed by atoms with Gasteiger partial charge in [-0.05, 0) is 20.8 Å². The van der Waals surface area contributed by atoms with Crippen LogP contribution in [0, 0.1) is 13.8 Å². The smallest absolute Gasteiger partial charge is 0.256 e. The third-order valence-electron chi connectivity index (χ3n) is 1.85. The zero-order valence-electron chi connectivity index (χ0n) is 8.63. The highest BCUT2D eigenvalue weighted by atomic mass is 16.5. The van der Waals surface area contributed by atoms with Crippen molar-refractivity contribution in [1.82, 2.24) is 10.5 Å². The van der Waals surface area contributed by atoms with Crippen LogP contribution in [0.2, 0.25) is 0 Å². The molecule has 0 spiro atoms. The van der Waals surface area contributed by atoms with Crippen molar-refractivity contribution >= 4 is 5.91 Å². The molecule has 0 aliphatic carbocycles. The second-order valence-electron chi connectivity index (χ2n) is 3.39. The Labute approximate surface area is 82.6 Å². The second kappa shape index (κ2) is 4.23. The number of aromatic nitrogens is 1. The van der Waals surface area contributed by atoms with Gasteiger partial charge in [0.2, 0.25) is 0 Å². The molecule has 0 aliphatic heterocycles. The zero-order chi connectivity index (χ0) is 10.7. The molecule has 1 atom stereocenters. The molecule has 0 fully saturated rings. The molecule has 1 aromatic rings. The van der Waals surface area contributed by atoms with Crippen molar-refractivity contribution in [2.45, 2.75) is 26.8 Å². The number of nitrogens with two attached hydrogens (primary N) is 1. The summed E-state index contributed by atoms with van der Waals surface area (Å²) in [4.78, 5) is 11.6. The lowest BCUT2D eigenvalue weighted by atomic mass is 10.2. The molecule has 1 heterocycles. The minimum absolute atomic E-state index is 0.0561. The summed E-state index contributed by atoms with van der Waals surface area (Å²) in [6.07, 6.45) is 0. The van der Waals surface area contributed by atoms with Crippen LogP contribution in [-0.4, -0.2) is 23.7 Å². The van der Waals surface area contributed by atoms with Gasteiger partial charge in [-0.15, -0.1) is 0 Å². The summed E-state index contributed by atoms with van der Waals surface area (Å²) in [5, 5.41) is 6.40. The average molecular weight is 197 g/mol. The van der Waals surface area contributed by atoms with Gasteiger partial charge in [0.05, 0.1) is 5.69 Å². The van der Waals surface area contributed by atoms with Gasteiger partial charge < -0.3 is 15.6 Å². The molecular weight excluding hydrogens is 182 g/mol. The average Bonchev–Trinajstić information content (AvgIpc) is 2.42. The van der Waals surface area contributed by atoms with Crippen LogP contribution in [-0.2, 0) is 0 Å². The highest BCUT2D eigenvalue weighted by Crippen LogP contribution is 2.11. The topological polar surface area (TPSA) is 81.2 Å². The standard InChI is InChI=1S/C9H15N3O2/c1-5(10)4-11-9(13)8-6(2)12-14-7(8)3/h5H,4,10H2,1-3H3,(H,11,13). The first-order valence-electron chi connectivity index (χ1n) is 4.49. The second-order valence-corrected chi connectivity index (χ2v) is 3.39. The fourth-order valence-corrected chi connectivity index (χ4v) is 1.15. The van der Waals surface area contributed by atoms with E-state index in [2.05, 4.69) is 10.5 Å². The van der Waals surface area contributed by atoms with Crippen LogP contribution < -0.4 is 11.1 Å². The number of hydrogen-bond donors (Lipinski definition) is 2. The lowest BCUT2D eigenvalue weighted by molar-refractivity contribution is 0.0949. The SMILES string of the molecule is Cc1noc(C)c1C(=O)NCC(C)N. The van der Waals surface area contributed by atoms with E-state index in [0.717, 1.165) is 0 Å². The van der Waals surface area contributed by atoms with Gasteiger partial charge in [-0.25, -0.2) is 0 Å². The van der Waals surface area contributed by atoms with Gasteiger partial charge in [0.1, 0.15) is 11.3 Å². The Balaban J connectivity index is 2.70. The van der Waals surface area contributed by atoms with E-state index in [9.17, 15) is 4.79 Å². The van der Waals surface area contributed by atoms with Crippen molar-refractivity contribution < 1.29 is 9.32 Å². The number of carbonyl (C=O) groups excluding carboxylic acids is 1. The van der Waals surface area contributed by atoms with E-state index in [0.29, 0.717) is 23.6 Å². The Morgan fingerprint density at radius 3 is 2.71 bits per heavy atom. The number of hydrogen-bond acceptors (Lipinski definition) is 4. The number of rotatable bonds is 3. The minimum atomic E-state index is -0.182. The molecule has 0 radical (unpaired) electrons. The van der Waals surface area contributed by atoms with Crippen molar-refractivity contribution in [3.8, 4) is 0 Å². The molecule has 0 aromatic carbocycles. The molecule has 0 saturated carbocycles. The van der Waals surface area contributed by atoms with Gasteiger partial charge in [-0.1, -0.05) is 5.16 Å². The Morgan fingerprint density at radius 1 is 1.64 bits per heavy atom. The van der Waals surface area contributed by atoms with Crippen molar-refractivity contribution in [1.29, 1.82) is 0 Å². The summed E-state index contributed by atoms with van der Waals surface area (Å²) >= 11 is 0. The predicted molar refractivity (Wildman–Crippen MR) is 52.0 cm³/mol. The highest BCUT2D eigenvalue weighted by molar-refractivity contribution is 5.96. The van der Waals surface area contributed by atoms with E-state index in [-0.39, 0.29) is 11.9 Å². The first kappa shape index (κ1) is 10.7. The third-order valence-corrected chi connectivity index (χ3v) is 1.85. The molecule has 5 heteroatoms. The van der Waals surface area contributed by atoms with E-state index in [1.807, 2.05) is 6.92 Å². The summed E-state index contributed by atoms with van der Waals surface area (Å²) in [5.41, 5.74) is 6.62. The van der Waals surface area contributed by atoms with Gasteiger partial charge in [0, 0.05) is 12.6 Å². The molecule has 14 heavy (non-hydrogen) atoms. The van der Waals surface area contributed by atoms with Crippen molar-refractivity contribution in [2.75, 3.05) is 6.54 Å². The highest BCUT2D eigenvalue weighted by Gasteiger charge is 2.16. The number of nitrogens with zero attached hydrogens (tertiary/aromatic N) is 1. The summed E-state index contributed by atoms with van der Waals surface area (Å²) < 4.78 is 4.88. The Kier molecular flexibility index (Phi) is 3.24. The van der Waals surface area contributed by atoms with Gasteiger partial charge in [0.15, 0.2) is 0 Å². The predicted octanol–water partition coefficient (Wildman–Crippen LogP) is 0.368. The molecule has 1 rings (SSSR count). The molecule has 0 bridgehead atoms. The lowest BCUT2D eigenvalue weighted by Gasteiger charge is -2.06. The summed E-state index contributed by atoms with van der Waals surface area (Å²) in [6.45, 7) is 5.72. The van der Waals surface area contributed by atoms with Crippen molar-refractivity contribution in [2.24, 2.45) is 5.73 Å². The van der Waals surface area contributed by atoms with E-state index >= 15 is 0 Å². The maximum absolute atomic E-state index is 11.6. The molecule has 0 saturated heterocycles. The van der Waals surface area contributed by atoms with Crippen LogP contribution in [0.5, 0.6) is 0 Å². The number of amides is 1. The van der Waals surface area contributed by atoms with Crippen LogP contribution in [0.15, 0.2) is 4.52 Å². The Bertz CT molecular complexity index is 311. The Morgan fingerprint density at radius 2 is 2.29 bits per heavy atom. The molecule has 0 aliphatic rings. The largest absolute Gasteiger partial charge is 0.361 e. The summed E-state index contributed by atoms with van der Waals surface area (Å²) in [7, 11) is 0. The molecule has 1 amide bonds. The van der Waals surface area contributed by atoms with E-state index in [4.69, 9.17) is 10.3 Å². The van der Waals surface area contributed by atoms with E-state index in [1.54, 1.807) is 13.8 Å². The Hall–Kier alpha value is -1.36. The number of carbonyl (C=O) groups is 1. The molecule has 5 nitrogen and oxygen atoms in total. The quantitative estimate of drug-likeness (QED) is 0.733. The van der Waals surface area contributed by atoms with Crippen molar-refractivity contribution in [3.63, 3.8) is 0 Å². The van der Waals surface area contributed by atoms with Crippen LogP contribution in [0.3, 0.4) is 0 Å². The lowest BCUT2D eigenvalue weighted by Crippen LogP contribution is -2.35. The van der Waals surface area contributed by atoms with Crippen LogP contribution in [0.25, 0.3) is 0 Å². The maximum Gasteiger partial charge on any atom is 0.256 e. The number of nitrogens with one attached hydrogen (secondary N) is 1. The van der Waals surface area contributed by atoms with Gasteiger partial charge in [0.25, 0.3) is 5.91 Å².